The van der Waals surface area contributed by atoms with E-state index < -0.39 is 11.7 Å². The van der Waals surface area contributed by atoms with Gasteiger partial charge in [0.05, 0.1) is 6.10 Å². The van der Waals surface area contributed by atoms with Crippen LogP contribution in [0.15, 0.2) is 23.1 Å². The number of nitrogens with zero attached hydrogens (tertiary/aromatic N) is 1. The predicted octanol–water partition coefficient (Wildman–Crippen LogP) is 2.55. The van der Waals surface area contributed by atoms with Gasteiger partial charge in [-0.25, -0.2) is 4.79 Å². The van der Waals surface area contributed by atoms with Crippen molar-refractivity contribution >= 4 is 11.8 Å². The fraction of sp³-hybridized carbons (Fsp3) is 0.600. The number of carbonyl (C=O) groups excluding carboxylic acids is 1. The normalized spacial score (nSPS) is 21.5. The number of carbonyl (C=O) groups is 1. The molecule has 21 heavy (non-hydrogen) atoms. The first kappa shape index (κ1) is 15.6. The molecule has 0 unspecified atom stereocenters. The van der Waals surface area contributed by atoms with Crippen LogP contribution < -0.4 is 10.9 Å². The van der Waals surface area contributed by atoms with Crippen molar-refractivity contribution in [2.45, 2.75) is 51.4 Å². The first-order chi connectivity index (χ1) is 9.80. The van der Waals surface area contributed by atoms with Gasteiger partial charge in [0, 0.05) is 19.3 Å². The zero-order valence-corrected chi connectivity index (χ0v) is 12.9. The molecule has 1 aromatic rings. The number of nitrogens with one attached hydrogen (secondary N) is 1. The van der Waals surface area contributed by atoms with Gasteiger partial charge in [0.15, 0.2) is 0 Å². The highest BCUT2D eigenvalue weighted by atomic mass is 16.6. The van der Waals surface area contributed by atoms with Gasteiger partial charge in [0.2, 0.25) is 0 Å². The second kappa shape index (κ2) is 5.89. The van der Waals surface area contributed by atoms with Crippen molar-refractivity contribution in [2.75, 3.05) is 12.4 Å². The Bertz CT molecular complexity index is 568. The molecule has 0 atom stereocenters. The fourth-order valence-electron chi connectivity index (χ4n) is 2.26. The summed E-state index contributed by atoms with van der Waals surface area (Å²) in [5.74, 6) is 0. The minimum atomic E-state index is -0.624. The molecule has 6 nitrogen and oxygen atoms in total. The van der Waals surface area contributed by atoms with Gasteiger partial charge in [-0.1, -0.05) is 0 Å². The largest absolute Gasteiger partial charge is 0.444 e. The first-order valence-electron chi connectivity index (χ1n) is 7.04. The highest BCUT2D eigenvalue weighted by molar-refractivity contribution is 5.84. The number of hydrogen-bond acceptors (Lipinski definition) is 4. The Hall–Kier alpha value is -1.82. The highest BCUT2D eigenvalue weighted by Gasteiger charge is 2.31. The third kappa shape index (κ3) is 3.85. The molecule has 0 saturated heterocycles. The van der Waals surface area contributed by atoms with Crippen LogP contribution in [-0.4, -0.2) is 29.5 Å². The van der Waals surface area contributed by atoms with Gasteiger partial charge in [-0.15, -0.1) is 0 Å². The standard InChI is InChI=1S/C15H22N2O4/c1-15(2,3)21-14(19)16-12-6-5-7-17(13(12)18)10-8-11(9-10)20-4/h5-7,10-11H,8-9H2,1-4H3,(H,16,19)/t10-,11-. The van der Waals surface area contributed by atoms with E-state index in [1.165, 1.54) is 0 Å². The lowest BCUT2D eigenvalue weighted by Gasteiger charge is -2.35. The van der Waals surface area contributed by atoms with Crippen LogP contribution in [0.25, 0.3) is 0 Å². The number of pyridine rings is 1. The van der Waals surface area contributed by atoms with Crippen molar-refractivity contribution in [3.63, 3.8) is 0 Å². The lowest BCUT2D eigenvalue weighted by atomic mass is 9.89. The summed E-state index contributed by atoms with van der Waals surface area (Å²) in [5.41, 5.74) is -0.590. The highest BCUT2D eigenvalue weighted by Crippen LogP contribution is 2.33. The van der Waals surface area contributed by atoms with E-state index in [1.807, 2.05) is 0 Å². The Morgan fingerprint density at radius 2 is 2.05 bits per heavy atom. The molecule has 1 aliphatic carbocycles. The average Bonchev–Trinajstić information content (AvgIpc) is 2.30. The Labute approximate surface area is 124 Å². The maximum Gasteiger partial charge on any atom is 0.412 e. The Balaban J connectivity index is 2.08. The van der Waals surface area contributed by atoms with Crippen LogP contribution in [0.3, 0.4) is 0 Å². The zero-order valence-electron chi connectivity index (χ0n) is 12.9. The summed E-state index contributed by atoms with van der Waals surface area (Å²) in [5, 5.41) is 2.51. The van der Waals surface area contributed by atoms with Gasteiger partial charge in [-0.3, -0.25) is 10.1 Å². The van der Waals surface area contributed by atoms with E-state index in [-0.39, 0.29) is 23.4 Å². The molecule has 0 bridgehead atoms. The quantitative estimate of drug-likeness (QED) is 0.930. The third-order valence-corrected chi connectivity index (χ3v) is 3.41. The Morgan fingerprint density at radius 3 is 2.62 bits per heavy atom. The van der Waals surface area contributed by atoms with Gasteiger partial charge in [-0.2, -0.15) is 0 Å². The maximum atomic E-state index is 12.4. The summed E-state index contributed by atoms with van der Waals surface area (Å²) in [6.45, 7) is 5.32. The van der Waals surface area contributed by atoms with Crippen molar-refractivity contribution in [2.24, 2.45) is 0 Å². The van der Waals surface area contributed by atoms with Gasteiger partial charge < -0.3 is 14.0 Å². The van der Waals surface area contributed by atoms with E-state index in [1.54, 1.807) is 50.8 Å². The fourth-order valence-corrected chi connectivity index (χ4v) is 2.26. The molecule has 0 aromatic carbocycles. The van der Waals surface area contributed by atoms with Crippen molar-refractivity contribution in [1.82, 2.24) is 4.57 Å². The summed E-state index contributed by atoms with van der Waals surface area (Å²) < 4.78 is 12.0. The average molecular weight is 294 g/mol. The van der Waals surface area contributed by atoms with E-state index in [2.05, 4.69) is 5.32 Å². The molecule has 1 saturated carbocycles. The van der Waals surface area contributed by atoms with Crippen LogP contribution >= 0.6 is 0 Å². The van der Waals surface area contributed by atoms with Crippen LogP contribution in [0, 0.1) is 0 Å². The molecule has 2 rings (SSSR count). The zero-order chi connectivity index (χ0) is 15.6. The molecule has 1 aromatic heterocycles. The van der Waals surface area contributed by atoms with Crippen molar-refractivity contribution in [3.05, 3.63) is 28.7 Å². The van der Waals surface area contributed by atoms with Crippen molar-refractivity contribution in [1.29, 1.82) is 0 Å². The Kier molecular flexibility index (Phi) is 4.37. The van der Waals surface area contributed by atoms with Gasteiger partial charge in [-0.05, 0) is 45.7 Å². The van der Waals surface area contributed by atoms with Gasteiger partial charge in [0.25, 0.3) is 5.56 Å². The number of amides is 1. The lowest BCUT2D eigenvalue weighted by Crippen LogP contribution is -2.38. The molecule has 0 spiro atoms. The number of methoxy groups -OCH3 is 1. The van der Waals surface area contributed by atoms with Crippen LogP contribution in [0.5, 0.6) is 0 Å². The minimum absolute atomic E-state index is 0.128. The summed E-state index contributed by atoms with van der Waals surface area (Å²) >= 11 is 0. The molecule has 1 fully saturated rings. The van der Waals surface area contributed by atoms with E-state index in [9.17, 15) is 9.59 Å². The molecule has 1 N–H and O–H groups in total. The number of ether oxygens (including phenoxy) is 2. The third-order valence-electron chi connectivity index (χ3n) is 3.41. The summed E-state index contributed by atoms with van der Waals surface area (Å²) in [6, 6.07) is 3.45. The van der Waals surface area contributed by atoms with Gasteiger partial charge >= 0.3 is 6.09 Å². The SMILES string of the molecule is CO[C@H]1C[C@H](n2cccc(NC(=O)OC(C)(C)C)c2=O)C1. The first-order valence-corrected chi connectivity index (χ1v) is 7.04. The number of rotatable bonds is 3. The molecule has 1 amide bonds. The predicted molar refractivity (Wildman–Crippen MR) is 79.6 cm³/mol. The van der Waals surface area contributed by atoms with Crippen LogP contribution in [0.1, 0.15) is 39.7 Å². The number of hydrogen-bond donors (Lipinski definition) is 1. The summed E-state index contributed by atoms with van der Waals surface area (Å²) in [7, 11) is 1.67. The molecular formula is C15H22N2O4. The monoisotopic (exact) mass is 294 g/mol. The lowest BCUT2D eigenvalue weighted by molar-refractivity contribution is 0.00519. The Morgan fingerprint density at radius 1 is 1.38 bits per heavy atom. The topological polar surface area (TPSA) is 69.6 Å². The molecule has 6 heteroatoms. The smallest absolute Gasteiger partial charge is 0.412 e. The van der Waals surface area contributed by atoms with Crippen molar-refractivity contribution in [3.8, 4) is 0 Å². The molecule has 0 radical (unpaired) electrons. The second-order valence-corrected chi connectivity index (χ2v) is 6.24. The van der Waals surface area contributed by atoms with Crippen molar-refractivity contribution < 1.29 is 14.3 Å². The van der Waals surface area contributed by atoms with E-state index in [0.29, 0.717) is 0 Å². The molecule has 1 heterocycles. The van der Waals surface area contributed by atoms with E-state index >= 15 is 0 Å². The number of anilines is 1. The van der Waals surface area contributed by atoms with E-state index in [0.717, 1.165) is 12.8 Å². The molecular weight excluding hydrogens is 272 g/mol. The summed E-state index contributed by atoms with van der Waals surface area (Å²) in [4.78, 5) is 24.1. The van der Waals surface area contributed by atoms with E-state index in [4.69, 9.17) is 9.47 Å². The number of aromatic nitrogens is 1. The molecule has 1 aliphatic rings. The summed E-state index contributed by atoms with van der Waals surface area (Å²) in [6.07, 6.45) is 2.95. The molecule has 116 valence electrons. The maximum absolute atomic E-state index is 12.4. The van der Waals surface area contributed by atoms with Gasteiger partial charge in [0.1, 0.15) is 11.3 Å². The van der Waals surface area contributed by atoms with Crippen LogP contribution in [-0.2, 0) is 9.47 Å². The molecule has 0 aliphatic heterocycles. The van der Waals surface area contributed by atoms with Crippen LogP contribution in [0.4, 0.5) is 10.5 Å². The second-order valence-electron chi connectivity index (χ2n) is 6.24. The van der Waals surface area contributed by atoms with Crippen LogP contribution in [0.2, 0.25) is 0 Å². The minimum Gasteiger partial charge on any atom is -0.444 e.